The molecule has 1 unspecified atom stereocenters. The van der Waals surface area contributed by atoms with Gasteiger partial charge in [-0.2, -0.15) is 0 Å². The van der Waals surface area contributed by atoms with Crippen LogP contribution in [0.25, 0.3) is 6.08 Å². The topological polar surface area (TPSA) is 48.1 Å². The van der Waals surface area contributed by atoms with Crippen LogP contribution in [0.3, 0.4) is 0 Å². The molecule has 1 aliphatic rings. The van der Waals surface area contributed by atoms with Gasteiger partial charge >= 0.3 is 0 Å². The molecule has 1 atom stereocenters. The standard InChI is InChI=1S/C8H8N2O/c9-7-4-3-6-2-1-5-10-8(6)11-7/h1-5,7H,9H2. The number of ether oxygens (including phenoxy) is 1. The summed E-state index contributed by atoms with van der Waals surface area (Å²) in [6.07, 6.45) is 5.04. The number of pyridine rings is 1. The molecule has 0 bridgehead atoms. The zero-order valence-electron chi connectivity index (χ0n) is 5.90. The number of rotatable bonds is 0. The smallest absolute Gasteiger partial charge is 0.222 e. The molecule has 0 amide bonds. The predicted molar refractivity (Wildman–Crippen MR) is 41.9 cm³/mol. The second-order valence-electron chi connectivity index (χ2n) is 2.34. The SMILES string of the molecule is NC1C=Cc2cccnc2O1. The van der Waals surface area contributed by atoms with E-state index in [9.17, 15) is 0 Å². The fraction of sp³-hybridized carbons (Fsp3) is 0.125. The third-order valence-electron chi connectivity index (χ3n) is 1.51. The van der Waals surface area contributed by atoms with Crippen molar-refractivity contribution in [2.45, 2.75) is 6.23 Å². The Morgan fingerprint density at radius 1 is 1.55 bits per heavy atom. The Kier molecular flexibility index (Phi) is 1.36. The number of hydrogen-bond acceptors (Lipinski definition) is 3. The Morgan fingerprint density at radius 3 is 3.36 bits per heavy atom. The Hall–Kier alpha value is -1.35. The Labute approximate surface area is 64.5 Å². The Morgan fingerprint density at radius 2 is 2.45 bits per heavy atom. The number of hydrogen-bond donors (Lipinski definition) is 1. The van der Waals surface area contributed by atoms with Crippen LogP contribution < -0.4 is 10.5 Å². The number of nitrogens with two attached hydrogens (primary N) is 1. The molecule has 56 valence electrons. The first-order valence-electron chi connectivity index (χ1n) is 3.42. The van der Waals surface area contributed by atoms with E-state index in [0.717, 1.165) is 5.56 Å². The van der Waals surface area contributed by atoms with Gasteiger partial charge in [-0.25, -0.2) is 4.98 Å². The third-order valence-corrected chi connectivity index (χ3v) is 1.51. The van der Waals surface area contributed by atoms with E-state index in [1.54, 1.807) is 12.3 Å². The van der Waals surface area contributed by atoms with E-state index >= 15 is 0 Å². The van der Waals surface area contributed by atoms with Crippen molar-refractivity contribution in [3.63, 3.8) is 0 Å². The quantitative estimate of drug-likeness (QED) is 0.591. The number of nitrogens with zero attached hydrogens (tertiary/aromatic N) is 1. The average Bonchev–Trinajstić information content (AvgIpc) is 2.04. The molecule has 0 saturated carbocycles. The van der Waals surface area contributed by atoms with Crippen LogP contribution in [0.5, 0.6) is 5.88 Å². The molecular formula is C8H8N2O. The van der Waals surface area contributed by atoms with Gasteiger partial charge in [0, 0.05) is 11.8 Å². The largest absolute Gasteiger partial charge is 0.455 e. The highest BCUT2D eigenvalue weighted by atomic mass is 16.5. The van der Waals surface area contributed by atoms with Crippen molar-refractivity contribution in [2.75, 3.05) is 0 Å². The molecular weight excluding hydrogens is 140 g/mol. The summed E-state index contributed by atoms with van der Waals surface area (Å²) in [7, 11) is 0. The van der Waals surface area contributed by atoms with Crippen molar-refractivity contribution in [2.24, 2.45) is 5.73 Å². The van der Waals surface area contributed by atoms with Gasteiger partial charge in [-0.3, -0.25) is 5.73 Å². The van der Waals surface area contributed by atoms with E-state index in [-0.39, 0.29) is 6.23 Å². The number of fused-ring (bicyclic) bond motifs is 1. The molecule has 2 rings (SSSR count). The summed E-state index contributed by atoms with van der Waals surface area (Å²) in [6.45, 7) is 0. The van der Waals surface area contributed by atoms with Crippen LogP contribution in [-0.4, -0.2) is 11.2 Å². The zero-order chi connectivity index (χ0) is 7.68. The number of aromatic nitrogens is 1. The molecule has 0 radical (unpaired) electrons. The molecule has 1 aromatic rings. The summed E-state index contributed by atoms with van der Waals surface area (Å²) in [5.74, 6) is 0.613. The minimum Gasteiger partial charge on any atom is -0.455 e. The van der Waals surface area contributed by atoms with E-state index in [1.165, 1.54) is 0 Å². The molecule has 0 aliphatic carbocycles. The fourth-order valence-electron chi connectivity index (χ4n) is 0.995. The van der Waals surface area contributed by atoms with Crippen molar-refractivity contribution in [3.8, 4) is 5.88 Å². The van der Waals surface area contributed by atoms with Gasteiger partial charge in [0.25, 0.3) is 0 Å². The molecule has 1 aliphatic heterocycles. The summed E-state index contributed by atoms with van der Waals surface area (Å²) in [6, 6.07) is 3.80. The maximum Gasteiger partial charge on any atom is 0.222 e. The van der Waals surface area contributed by atoms with Crippen molar-refractivity contribution >= 4 is 6.08 Å². The lowest BCUT2D eigenvalue weighted by molar-refractivity contribution is 0.244. The second-order valence-corrected chi connectivity index (χ2v) is 2.34. The molecule has 0 saturated heterocycles. The van der Waals surface area contributed by atoms with E-state index < -0.39 is 0 Å². The Balaban J connectivity index is 2.46. The first-order chi connectivity index (χ1) is 5.36. The summed E-state index contributed by atoms with van der Waals surface area (Å²) < 4.78 is 5.21. The third kappa shape index (κ3) is 1.10. The van der Waals surface area contributed by atoms with Crippen LogP contribution in [-0.2, 0) is 0 Å². The van der Waals surface area contributed by atoms with Crippen LogP contribution in [0.2, 0.25) is 0 Å². The average molecular weight is 148 g/mol. The van der Waals surface area contributed by atoms with E-state index in [1.807, 2.05) is 18.2 Å². The molecule has 0 aromatic carbocycles. The first-order valence-corrected chi connectivity index (χ1v) is 3.42. The minimum atomic E-state index is -0.350. The summed E-state index contributed by atoms with van der Waals surface area (Å²) >= 11 is 0. The molecule has 2 N–H and O–H groups in total. The van der Waals surface area contributed by atoms with E-state index in [4.69, 9.17) is 10.5 Å². The molecule has 1 aromatic heterocycles. The van der Waals surface area contributed by atoms with Gasteiger partial charge in [-0.1, -0.05) is 0 Å². The monoisotopic (exact) mass is 148 g/mol. The van der Waals surface area contributed by atoms with Crippen molar-refractivity contribution in [1.82, 2.24) is 4.98 Å². The maximum absolute atomic E-state index is 5.50. The Bertz CT molecular complexity index is 296. The molecule has 11 heavy (non-hydrogen) atoms. The van der Waals surface area contributed by atoms with Gasteiger partial charge in [0.05, 0.1) is 0 Å². The molecule has 0 spiro atoms. The van der Waals surface area contributed by atoms with Crippen molar-refractivity contribution in [1.29, 1.82) is 0 Å². The van der Waals surface area contributed by atoms with Crippen molar-refractivity contribution in [3.05, 3.63) is 30.0 Å². The summed E-state index contributed by atoms with van der Waals surface area (Å²) in [4.78, 5) is 4.02. The van der Waals surface area contributed by atoms with Gasteiger partial charge in [0.1, 0.15) is 0 Å². The second kappa shape index (κ2) is 2.36. The summed E-state index contributed by atoms with van der Waals surface area (Å²) in [5.41, 5.74) is 6.48. The lowest BCUT2D eigenvalue weighted by atomic mass is 10.2. The van der Waals surface area contributed by atoms with Gasteiger partial charge in [0.2, 0.25) is 5.88 Å². The molecule has 3 nitrogen and oxygen atoms in total. The predicted octanol–water partition coefficient (Wildman–Crippen LogP) is 0.772. The van der Waals surface area contributed by atoms with Crippen LogP contribution in [0.1, 0.15) is 5.56 Å². The van der Waals surface area contributed by atoms with Crippen LogP contribution in [0.4, 0.5) is 0 Å². The van der Waals surface area contributed by atoms with Gasteiger partial charge in [0.15, 0.2) is 6.23 Å². The lowest BCUT2D eigenvalue weighted by Gasteiger charge is -2.15. The first kappa shape index (κ1) is 6.37. The van der Waals surface area contributed by atoms with Gasteiger partial charge < -0.3 is 4.74 Å². The zero-order valence-corrected chi connectivity index (χ0v) is 5.90. The van der Waals surface area contributed by atoms with Crippen LogP contribution in [0, 0.1) is 0 Å². The van der Waals surface area contributed by atoms with E-state index in [2.05, 4.69) is 4.98 Å². The molecule has 0 fully saturated rings. The highest BCUT2D eigenvalue weighted by Crippen LogP contribution is 2.20. The van der Waals surface area contributed by atoms with Crippen LogP contribution in [0.15, 0.2) is 24.4 Å². The van der Waals surface area contributed by atoms with Crippen LogP contribution >= 0.6 is 0 Å². The molecule has 3 heteroatoms. The highest BCUT2D eigenvalue weighted by Gasteiger charge is 2.09. The minimum absolute atomic E-state index is 0.350. The van der Waals surface area contributed by atoms with Crippen molar-refractivity contribution < 1.29 is 4.74 Å². The van der Waals surface area contributed by atoms with E-state index in [0.29, 0.717) is 5.88 Å². The highest BCUT2D eigenvalue weighted by molar-refractivity contribution is 5.56. The molecule has 2 heterocycles. The summed E-state index contributed by atoms with van der Waals surface area (Å²) in [5, 5.41) is 0. The van der Waals surface area contributed by atoms with Gasteiger partial charge in [-0.15, -0.1) is 0 Å². The maximum atomic E-state index is 5.50. The normalized spacial score (nSPS) is 20.6. The fourth-order valence-corrected chi connectivity index (χ4v) is 0.995. The van der Waals surface area contributed by atoms with Gasteiger partial charge in [-0.05, 0) is 24.3 Å². The lowest BCUT2D eigenvalue weighted by Crippen LogP contribution is -2.26.